The van der Waals surface area contributed by atoms with E-state index in [9.17, 15) is 0 Å². The van der Waals surface area contributed by atoms with Gasteiger partial charge in [-0.05, 0) is 6.92 Å². The molecule has 0 N–H and O–H groups in total. The third-order valence-electron chi connectivity index (χ3n) is 0.453. The molecule has 3 heteroatoms. The van der Waals surface area contributed by atoms with E-state index in [2.05, 4.69) is 9.78 Å². The van der Waals surface area contributed by atoms with Crippen LogP contribution in [0.15, 0.2) is 0 Å². The Morgan fingerprint density at radius 1 is 1.43 bits per heavy atom. The third-order valence-corrected chi connectivity index (χ3v) is 0.453. The van der Waals surface area contributed by atoms with Crippen molar-refractivity contribution in [2.24, 2.45) is 0 Å². The molecule has 0 heterocycles. The Bertz CT molecular complexity index is 26.1. The van der Waals surface area contributed by atoms with E-state index >= 15 is 0 Å². The Morgan fingerprint density at radius 2 is 2.14 bits per heavy atom. The summed E-state index contributed by atoms with van der Waals surface area (Å²) in [7, 11) is 1.44. The third kappa shape index (κ3) is 5.88. The summed E-state index contributed by atoms with van der Waals surface area (Å²) in [5.74, 6) is 0. The minimum atomic E-state index is 0.215. The molecule has 0 aromatic rings. The smallest absolute Gasteiger partial charge is 0.180 e. The molecule has 0 rings (SSSR count). The summed E-state index contributed by atoms with van der Waals surface area (Å²) in [5, 5.41) is 0. The van der Waals surface area contributed by atoms with E-state index in [0.29, 0.717) is 6.61 Å². The van der Waals surface area contributed by atoms with E-state index in [1.807, 2.05) is 6.92 Å². The molecule has 0 aromatic carbocycles. The molecule has 0 bridgehead atoms. The van der Waals surface area contributed by atoms with Gasteiger partial charge < -0.3 is 4.74 Å². The lowest BCUT2D eigenvalue weighted by atomic mass is 10.9. The van der Waals surface area contributed by atoms with Crippen LogP contribution in [0.2, 0.25) is 0 Å². The van der Waals surface area contributed by atoms with Crippen LogP contribution in [-0.4, -0.2) is 20.5 Å². The first-order valence-electron chi connectivity index (χ1n) is 2.15. The summed E-state index contributed by atoms with van der Waals surface area (Å²) in [5.41, 5.74) is 0. The Hall–Kier alpha value is -0.120. The molecule has 0 fully saturated rings. The maximum Gasteiger partial charge on any atom is 0.180 e. The van der Waals surface area contributed by atoms with E-state index in [4.69, 9.17) is 4.74 Å². The molecule has 0 spiro atoms. The maximum absolute atomic E-state index is 4.73. The molecule has 7 heavy (non-hydrogen) atoms. The summed E-state index contributed by atoms with van der Waals surface area (Å²) in [6.07, 6.45) is 0. The van der Waals surface area contributed by atoms with Gasteiger partial charge in [-0.25, -0.2) is 9.78 Å². The molecule has 0 aliphatic rings. The molecule has 3 nitrogen and oxygen atoms in total. The van der Waals surface area contributed by atoms with Gasteiger partial charge in [-0.15, -0.1) is 0 Å². The van der Waals surface area contributed by atoms with Gasteiger partial charge in [-0.1, -0.05) is 0 Å². The molecule has 0 radical (unpaired) electrons. The minimum Gasteiger partial charge on any atom is -0.353 e. The second kappa shape index (κ2) is 5.88. The van der Waals surface area contributed by atoms with Crippen molar-refractivity contribution in [2.45, 2.75) is 6.92 Å². The van der Waals surface area contributed by atoms with Crippen molar-refractivity contribution < 1.29 is 14.5 Å². The van der Waals surface area contributed by atoms with Crippen molar-refractivity contribution in [3.8, 4) is 0 Å². The van der Waals surface area contributed by atoms with Gasteiger partial charge in [0, 0.05) is 6.61 Å². The molecule has 0 saturated heterocycles. The van der Waals surface area contributed by atoms with E-state index < -0.39 is 0 Å². The fraction of sp³-hybridized carbons (Fsp3) is 1.00. The summed E-state index contributed by atoms with van der Waals surface area (Å²) in [6, 6.07) is 0. The van der Waals surface area contributed by atoms with Gasteiger partial charge in [0.05, 0.1) is 7.11 Å². The lowest BCUT2D eigenvalue weighted by Crippen LogP contribution is -1.97. The first-order valence-corrected chi connectivity index (χ1v) is 2.15. The van der Waals surface area contributed by atoms with Crippen molar-refractivity contribution in [3.05, 3.63) is 0 Å². The highest BCUT2D eigenvalue weighted by atomic mass is 17.2. The SMILES string of the molecule is CCOCOOC. The molecule has 0 atom stereocenters. The Kier molecular flexibility index (Phi) is 5.78. The lowest BCUT2D eigenvalue weighted by molar-refractivity contribution is -0.317. The lowest BCUT2D eigenvalue weighted by Gasteiger charge is -1.96. The normalized spacial score (nSPS) is 9.43. The molecule has 0 aliphatic heterocycles. The van der Waals surface area contributed by atoms with Gasteiger partial charge >= 0.3 is 0 Å². The van der Waals surface area contributed by atoms with Crippen LogP contribution in [-0.2, 0) is 14.5 Å². The van der Waals surface area contributed by atoms with Gasteiger partial charge in [-0.3, -0.25) is 0 Å². The standard InChI is InChI=1S/C4H10O3/c1-3-6-4-7-5-2/h3-4H2,1-2H3. The van der Waals surface area contributed by atoms with Gasteiger partial charge in [-0.2, -0.15) is 0 Å². The van der Waals surface area contributed by atoms with Crippen molar-refractivity contribution in [1.29, 1.82) is 0 Å². The average molecular weight is 106 g/mol. The minimum absolute atomic E-state index is 0.215. The second-order valence-corrected chi connectivity index (χ2v) is 0.895. The first kappa shape index (κ1) is 6.88. The van der Waals surface area contributed by atoms with Gasteiger partial charge in [0.1, 0.15) is 0 Å². The highest BCUT2D eigenvalue weighted by molar-refractivity contribution is 4.00. The number of hydrogen-bond acceptors (Lipinski definition) is 3. The highest BCUT2D eigenvalue weighted by Crippen LogP contribution is 1.74. The van der Waals surface area contributed by atoms with Crippen molar-refractivity contribution >= 4 is 0 Å². The highest BCUT2D eigenvalue weighted by Gasteiger charge is 1.77. The summed E-state index contributed by atoms with van der Waals surface area (Å²) in [4.78, 5) is 8.57. The number of ether oxygens (including phenoxy) is 1. The van der Waals surface area contributed by atoms with Crippen LogP contribution in [0.5, 0.6) is 0 Å². The largest absolute Gasteiger partial charge is 0.353 e. The summed E-state index contributed by atoms with van der Waals surface area (Å²) in [6.45, 7) is 2.76. The van der Waals surface area contributed by atoms with Crippen LogP contribution < -0.4 is 0 Å². The number of rotatable bonds is 4. The van der Waals surface area contributed by atoms with E-state index in [1.165, 1.54) is 7.11 Å². The topological polar surface area (TPSA) is 27.7 Å². The summed E-state index contributed by atoms with van der Waals surface area (Å²) < 4.78 is 4.73. The molecule has 0 amide bonds. The van der Waals surface area contributed by atoms with Gasteiger partial charge in [0.15, 0.2) is 6.79 Å². The van der Waals surface area contributed by atoms with E-state index in [-0.39, 0.29) is 6.79 Å². The molecular formula is C4H10O3. The fourth-order valence-electron chi connectivity index (χ4n) is 0.165. The maximum atomic E-state index is 4.73. The Balaban J connectivity index is 2.45. The van der Waals surface area contributed by atoms with Gasteiger partial charge in [0.2, 0.25) is 0 Å². The van der Waals surface area contributed by atoms with Crippen molar-refractivity contribution in [1.82, 2.24) is 0 Å². The van der Waals surface area contributed by atoms with Crippen LogP contribution in [0.3, 0.4) is 0 Å². The molecule has 0 unspecified atom stereocenters. The van der Waals surface area contributed by atoms with Crippen LogP contribution in [0.1, 0.15) is 6.92 Å². The van der Waals surface area contributed by atoms with E-state index in [1.54, 1.807) is 0 Å². The monoisotopic (exact) mass is 106 g/mol. The molecule has 0 saturated carbocycles. The van der Waals surface area contributed by atoms with E-state index in [0.717, 1.165) is 0 Å². The van der Waals surface area contributed by atoms with Crippen LogP contribution >= 0.6 is 0 Å². The fourth-order valence-corrected chi connectivity index (χ4v) is 0.165. The second-order valence-electron chi connectivity index (χ2n) is 0.895. The van der Waals surface area contributed by atoms with Crippen LogP contribution in [0.4, 0.5) is 0 Å². The average Bonchev–Trinajstić information content (AvgIpc) is 1.69. The van der Waals surface area contributed by atoms with Gasteiger partial charge in [0.25, 0.3) is 0 Å². The zero-order chi connectivity index (χ0) is 5.54. The molecule has 0 aromatic heterocycles. The predicted octanol–water partition coefficient (Wildman–Crippen LogP) is 0.558. The predicted molar refractivity (Wildman–Crippen MR) is 24.6 cm³/mol. The zero-order valence-corrected chi connectivity index (χ0v) is 4.64. The summed E-state index contributed by atoms with van der Waals surface area (Å²) >= 11 is 0. The first-order chi connectivity index (χ1) is 3.41. The number of hydrogen-bond donors (Lipinski definition) is 0. The zero-order valence-electron chi connectivity index (χ0n) is 4.64. The molecular weight excluding hydrogens is 96.0 g/mol. The Morgan fingerprint density at radius 3 is 2.57 bits per heavy atom. The van der Waals surface area contributed by atoms with Crippen LogP contribution in [0, 0.1) is 0 Å². The van der Waals surface area contributed by atoms with Crippen molar-refractivity contribution in [3.63, 3.8) is 0 Å². The molecule has 0 aliphatic carbocycles. The van der Waals surface area contributed by atoms with Crippen LogP contribution in [0.25, 0.3) is 0 Å². The quantitative estimate of drug-likeness (QED) is 0.227. The Labute approximate surface area is 43.1 Å². The van der Waals surface area contributed by atoms with Crippen molar-refractivity contribution in [2.75, 3.05) is 20.5 Å². The molecule has 44 valence electrons.